The molecule has 1 heterocycles. The number of benzene rings is 1. The summed E-state index contributed by atoms with van der Waals surface area (Å²) in [6, 6.07) is 6.74. The van der Waals surface area contributed by atoms with Crippen molar-refractivity contribution in [1.29, 1.82) is 0 Å². The Morgan fingerprint density at radius 3 is 2.33 bits per heavy atom. The molecule has 2 rings (SSSR count). The van der Waals surface area contributed by atoms with Gasteiger partial charge in [-0.3, -0.25) is 0 Å². The van der Waals surface area contributed by atoms with E-state index in [9.17, 15) is 13.2 Å². The SMILES string of the molecule is CCc1ccc(-n2ncc(N)c2C(F)(F)F)cc1. The van der Waals surface area contributed by atoms with Crippen LogP contribution in [0.3, 0.4) is 0 Å². The third kappa shape index (κ3) is 2.18. The summed E-state index contributed by atoms with van der Waals surface area (Å²) in [5.41, 5.74) is 5.40. The smallest absolute Gasteiger partial charge is 0.396 e. The van der Waals surface area contributed by atoms with Gasteiger partial charge in [-0.15, -0.1) is 0 Å². The topological polar surface area (TPSA) is 43.8 Å². The molecule has 3 nitrogen and oxygen atoms in total. The number of hydrogen-bond donors (Lipinski definition) is 1. The van der Waals surface area contributed by atoms with Crippen LogP contribution in [-0.2, 0) is 12.6 Å². The van der Waals surface area contributed by atoms with Crippen LogP contribution in [0.25, 0.3) is 5.69 Å². The lowest BCUT2D eigenvalue weighted by Gasteiger charge is -2.11. The Labute approximate surface area is 102 Å². The monoisotopic (exact) mass is 255 g/mol. The Bertz CT molecular complexity index is 541. The van der Waals surface area contributed by atoms with Gasteiger partial charge in [-0.25, -0.2) is 4.68 Å². The first-order valence-electron chi connectivity index (χ1n) is 5.43. The van der Waals surface area contributed by atoms with Crippen LogP contribution in [0.5, 0.6) is 0 Å². The molecule has 1 aromatic heterocycles. The minimum atomic E-state index is -4.52. The molecule has 6 heteroatoms. The van der Waals surface area contributed by atoms with Crippen LogP contribution in [0.1, 0.15) is 18.2 Å². The van der Waals surface area contributed by atoms with E-state index in [1.165, 1.54) is 0 Å². The number of halogens is 3. The molecule has 0 fully saturated rings. The second-order valence-corrected chi connectivity index (χ2v) is 3.88. The fraction of sp³-hybridized carbons (Fsp3) is 0.250. The Hall–Kier alpha value is -1.98. The summed E-state index contributed by atoms with van der Waals surface area (Å²) in [7, 11) is 0. The fourth-order valence-electron chi connectivity index (χ4n) is 1.71. The van der Waals surface area contributed by atoms with Crippen LogP contribution in [0, 0.1) is 0 Å². The standard InChI is InChI=1S/C12H12F3N3/c1-2-8-3-5-9(6-4-8)18-11(12(13,14)15)10(16)7-17-18/h3-7H,2,16H2,1H3. The first-order valence-corrected chi connectivity index (χ1v) is 5.43. The number of nitrogen functional groups attached to an aromatic ring is 1. The Morgan fingerprint density at radius 1 is 1.22 bits per heavy atom. The summed E-state index contributed by atoms with van der Waals surface area (Å²) in [4.78, 5) is 0. The molecule has 0 saturated carbocycles. The number of nitrogens with two attached hydrogens (primary N) is 1. The van der Waals surface area contributed by atoms with Gasteiger partial charge in [0.25, 0.3) is 0 Å². The molecule has 0 unspecified atom stereocenters. The van der Waals surface area contributed by atoms with Gasteiger partial charge < -0.3 is 5.73 Å². The van der Waals surface area contributed by atoms with Crippen molar-refractivity contribution >= 4 is 5.69 Å². The van der Waals surface area contributed by atoms with E-state index in [1.807, 2.05) is 6.92 Å². The molecule has 0 amide bonds. The number of rotatable bonds is 2. The first kappa shape index (κ1) is 12.5. The van der Waals surface area contributed by atoms with Crippen molar-refractivity contribution in [3.63, 3.8) is 0 Å². The fourth-order valence-corrected chi connectivity index (χ4v) is 1.71. The van der Waals surface area contributed by atoms with Crippen molar-refractivity contribution in [2.24, 2.45) is 0 Å². The molecule has 96 valence electrons. The highest BCUT2D eigenvalue weighted by molar-refractivity contribution is 5.48. The largest absolute Gasteiger partial charge is 0.435 e. The minimum absolute atomic E-state index is 0.344. The molecule has 0 atom stereocenters. The number of aromatic nitrogens is 2. The van der Waals surface area contributed by atoms with Gasteiger partial charge in [0.2, 0.25) is 0 Å². The van der Waals surface area contributed by atoms with Gasteiger partial charge in [-0.2, -0.15) is 18.3 Å². The molecule has 0 bridgehead atoms. The highest BCUT2D eigenvalue weighted by Crippen LogP contribution is 2.34. The van der Waals surface area contributed by atoms with Gasteiger partial charge >= 0.3 is 6.18 Å². The van der Waals surface area contributed by atoms with Crippen molar-refractivity contribution < 1.29 is 13.2 Å². The quantitative estimate of drug-likeness (QED) is 0.896. The second-order valence-electron chi connectivity index (χ2n) is 3.88. The number of alkyl halides is 3. The normalized spacial score (nSPS) is 11.8. The average molecular weight is 255 g/mol. The summed E-state index contributed by atoms with van der Waals surface area (Å²) >= 11 is 0. The van der Waals surface area contributed by atoms with Crippen molar-refractivity contribution in [2.45, 2.75) is 19.5 Å². The maximum Gasteiger partial charge on any atom is 0.435 e. The van der Waals surface area contributed by atoms with Gasteiger partial charge in [-0.1, -0.05) is 19.1 Å². The van der Waals surface area contributed by atoms with E-state index in [-0.39, 0.29) is 5.69 Å². The zero-order chi connectivity index (χ0) is 13.3. The van der Waals surface area contributed by atoms with Crippen LogP contribution in [0.2, 0.25) is 0 Å². The predicted molar refractivity (Wildman–Crippen MR) is 62.4 cm³/mol. The van der Waals surface area contributed by atoms with Crippen LogP contribution in [0.4, 0.5) is 18.9 Å². The van der Waals surface area contributed by atoms with Crippen LogP contribution in [0.15, 0.2) is 30.5 Å². The minimum Gasteiger partial charge on any atom is -0.396 e. The van der Waals surface area contributed by atoms with Gasteiger partial charge in [0.15, 0.2) is 5.69 Å². The summed E-state index contributed by atoms with van der Waals surface area (Å²) in [5.74, 6) is 0. The highest BCUT2D eigenvalue weighted by Gasteiger charge is 2.38. The van der Waals surface area contributed by atoms with Crippen molar-refractivity contribution in [3.8, 4) is 5.69 Å². The molecular formula is C12H12F3N3. The summed E-state index contributed by atoms with van der Waals surface area (Å²) in [6.07, 6.45) is -2.69. The van der Waals surface area contributed by atoms with E-state index >= 15 is 0 Å². The molecule has 0 spiro atoms. The number of aryl methyl sites for hydroxylation is 1. The first-order chi connectivity index (χ1) is 8.43. The van der Waals surface area contributed by atoms with E-state index in [0.29, 0.717) is 5.69 Å². The van der Waals surface area contributed by atoms with E-state index in [4.69, 9.17) is 5.73 Å². The average Bonchev–Trinajstić information content (AvgIpc) is 2.71. The van der Waals surface area contributed by atoms with Gasteiger partial charge in [0.1, 0.15) is 0 Å². The molecule has 0 aliphatic carbocycles. The molecule has 1 aromatic carbocycles. The summed E-state index contributed by atoms with van der Waals surface area (Å²) in [6.45, 7) is 1.97. The lowest BCUT2D eigenvalue weighted by molar-refractivity contribution is -0.142. The molecule has 2 aromatic rings. The van der Waals surface area contributed by atoms with Crippen LogP contribution < -0.4 is 5.73 Å². The predicted octanol–water partition coefficient (Wildman–Crippen LogP) is 3.04. The highest BCUT2D eigenvalue weighted by atomic mass is 19.4. The zero-order valence-corrected chi connectivity index (χ0v) is 9.70. The molecule has 0 saturated heterocycles. The Morgan fingerprint density at radius 2 is 1.83 bits per heavy atom. The number of hydrogen-bond acceptors (Lipinski definition) is 2. The number of anilines is 1. The lowest BCUT2D eigenvalue weighted by Crippen LogP contribution is -2.15. The van der Waals surface area contributed by atoms with Crippen molar-refractivity contribution in [2.75, 3.05) is 5.73 Å². The van der Waals surface area contributed by atoms with Crippen LogP contribution >= 0.6 is 0 Å². The van der Waals surface area contributed by atoms with Gasteiger partial charge in [-0.05, 0) is 24.1 Å². The maximum absolute atomic E-state index is 12.8. The molecular weight excluding hydrogens is 243 g/mol. The van der Waals surface area contributed by atoms with E-state index in [2.05, 4.69) is 5.10 Å². The second kappa shape index (κ2) is 4.36. The van der Waals surface area contributed by atoms with Gasteiger partial charge in [0.05, 0.1) is 17.6 Å². The third-order valence-corrected chi connectivity index (χ3v) is 2.66. The van der Waals surface area contributed by atoms with E-state index < -0.39 is 11.9 Å². The Kier molecular flexibility index (Phi) is 3.02. The van der Waals surface area contributed by atoms with E-state index in [0.717, 1.165) is 22.9 Å². The molecule has 0 aliphatic heterocycles. The molecule has 0 aliphatic rings. The number of nitrogens with zero attached hydrogens (tertiary/aromatic N) is 2. The Balaban J connectivity index is 2.51. The summed E-state index contributed by atoms with van der Waals surface area (Å²) in [5, 5.41) is 3.68. The van der Waals surface area contributed by atoms with Crippen LogP contribution in [-0.4, -0.2) is 9.78 Å². The molecule has 0 radical (unpaired) electrons. The summed E-state index contributed by atoms with van der Waals surface area (Å²) < 4.78 is 39.3. The lowest BCUT2D eigenvalue weighted by atomic mass is 10.1. The van der Waals surface area contributed by atoms with Gasteiger partial charge in [0, 0.05) is 0 Å². The molecule has 2 N–H and O–H groups in total. The van der Waals surface area contributed by atoms with E-state index in [1.54, 1.807) is 24.3 Å². The molecule has 18 heavy (non-hydrogen) atoms. The zero-order valence-electron chi connectivity index (χ0n) is 9.70. The van der Waals surface area contributed by atoms with Crippen molar-refractivity contribution in [3.05, 3.63) is 41.7 Å². The third-order valence-electron chi connectivity index (χ3n) is 2.66. The van der Waals surface area contributed by atoms with Crippen molar-refractivity contribution in [1.82, 2.24) is 9.78 Å². The maximum atomic E-state index is 12.8.